The van der Waals surface area contributed by atoms with Gasteiger partial charge in [-0.25, -0.2) is 0 Å². The van der Waals surface area contributed by atoms with Crippen LogP contribution in [0.5, 0.6) is 0 Å². The van der Waals surface area contributed by atoms with Gasteiger partial charge in [0.2, 0.25) is 0 Å². The summed E-state index contributed by atoms with van der Waals surface area (Å²) in [7, 11) is 0. The van der Waals surface area contributed by atoms with Gasteiger partial charge in [0.1, 0.15) is 0 Å². The van der Waals surface area contributed by atoms with Crippen molar-refractivity contribution in [2.24, 2.45) is 5.92 Å². The predicted octanol–water partition coefficient (Wildman–Crippen LogP) is 4.74. The summed E-state index contributed by atoms with van der Waals surface area (Å²) >= 11 is 0. The standard InChI is InChI=1S/C20H23N/c1-14(2)18-12-19(21-13-20(18)21)17-10-6-9-16(11-17)15-7-4-3-5-8-15/h4,6-12,14,19-20H,3,5,13H2,1-2H3. The summed E-state index contributed by atoms with van der Waals surface area (Å²) in [5, 5.41) is 0. The largest absolute Gasteiger partial charge is 0.283 e. The first kappa shape index (κ1) is 13.1. The van der Waals surface area contributed by atoms with Crippen molar-refractivity contribution in [1.29, 1.82) is 0 Å². The van der Waals surface area contributed by atoms with Crippen LogP contribution in [-0.2, 0) is 0 Å². The molecule has 1 nitrogen and oxygen atoms in total. The van der Waals surface area contributed by atoms with Crippen LogP contribution in [0.15, 0.2) is 54.1 Å². The molecule has 3 aliphatic rings. The van der Waals surface area contributed by atoms with Crippen molar-refractivity contribution in [3.8, 4) is 0 Å². The van der Waals surface area contributed by atoms with E-state index < -0.39 is 0 Å². The summed E-state index contributed by atoms with van der Waals surface area (Å²) in [6, 6.07) is 10.4. The fourth-order valence-electron chi connectivity index (χ4n) is 3.74. The minimum Gasteiger partial charge on any atom is -0.283 e. The highest BCUT2D eigenvalue weighted by Gasteiger charge is 2.47. The number of rotatable bonds is 3. The van der Waals surface area contributed by atoms with Gasteiger partial charge in [0.25, 0.3) is 0 Å². The molecule has 1 heteroatoms. The lowest BCUT2D eigenvalue weighted by atomic mass is 9.94. The van der Waals surface area contributed by atoms with E-state index in [4.69, 9.17) is 0 Å². The van der Waals surface area contributed by atoms with Gasteiger partial charge >= 0.3 is 0 Å². The maximum atomic E-state index is 2.61. The van der Waals surface area contributed by atoms with E-state index in [1.807, 2.05) is 0 Å². The monoisotopic (exact) mass is 277 g/mol. The SMILES string of the molecule is CC(C)C1=CC(c2cccc(C3=CCCC=C3)c2)N2CC12. The highest BCUT2D eigenvalue weighted by molar-refractivity contribution is 5.75. The van der Waals surface area contributed by atoms with Crippen LogP contribution in [0.4, 0.5) is 0 Å². The van der Waals surface area contributed by atoms with Gasteiger partial charge in [0.15, 0.2) is 0 Å². The molecule has 0 bridgehead atoms. The van der Waals surface area contributed by atoms with Crippen LogP contribution in [-0.4, -0.2) is 17.5 Å². The summed E-state index contributed by atoms with van der Waals surface area (Å²) < 4.78 is 0. The third-order valence-electron chi connectivity index (χ3n) is 4.97. The van der Waals surface area contributed by atoms with Crippen molar-refractivity contribution >= 4 is 5.57 Å². The van der Waals surface area contributed by atoms with Gasteiger partial charge in [-0.3, -0.25) is 4.90 Å². The van der Waals surface area contributed by atoms with Gasteiger partial charge in [-0.15, -0.1) is 0 Å². The van der Waals surface area contributed by atoms with Gasteiger partial charge in [0, 0.05) is 12.6 Å². The third-order valence-corrected chi connectivity index (χ3v) is 4.97. The zero-order valence-corrected chi connectivity index (χ0v) is 12.9. The van der Waals surface area contributed by atoms with E-state index >= 15 is 0 Å². The van der Waals surface area contributed by atoms with Crippen LogP contribution in [0.1, 0.15) is 43.9 Å². The first-order chi connectivity index (χ1) is 10.2. The first-order valence-electron chi connectivity index (χ1n) is 8.18. The minimum absolute atomic E-state index is 0.500. The van der Waals surface area contributed by atoms with E-state index in [2.05, 4.69) is 67.3 Å². The van der Waals surface area contributed by atoms with Crippen LogP contribution < -0.4 is 0 Å². The Kier molecular flexibility index (Phi) is 3.11. The van der Waals surface area contributed by atoms with E-state index in [0.29, 0.717) is 12.0 Å². The molecule has 2 aliphatic heterocycles. The molecule has 2 heterocycles. The van der Waals surface area contributed by atoms with E-state index in [1.165, 1.54) is 36.1 Å². The Bertz CT molecular complexity index is 648. The molecule has 0 saturated carbocycles. The lowest BCUT2D eigenvalue weighted by Gasteiger charge is -2.15. The van der Waals surface area contributed by atoms with Gasteiger partial charge < -0.3 is 0 Å². The minimum atomic E-state index is 0.500. The van der Waals surface area contributed by atoms with Crippen molar-refractivity contribution in [2.45, 2.75) is 38.8 Å². The number of benzene rings is 1. The molecule has 0 N–H and O–H groups in total. The number of nitrogens with zero attached hydrogens (tertiary/aromatic N) is 1. The average Bonchev–Trinajstić information content (AvgIpc) is 3.21. The van der Waals surface area contributed by atoms with Crippen LogP contribution in [0.2, 0.25) is 0 Å². The molecule has 0 amide bonds. The summed E-state index contributed by atoms with van der Waals surface area (Å²) in [6.45, 7) is 5.89. The predicted molar refractivity (Wildman–Crippen MR) is 88.9 cm³/mol. The van der Waals surface area contributed by atoms with Crippen molar-refractivity contribution in [3.05, 3.63) is 65.3 Å². The van der Waals surface area contributed by atoms with Crippen molar-refractivity contribution in [1.82, 2.24) is 4.90 Å². The van der Waals surface area contributed by atoms with Gasteiger partial charge in [-0.2, -0.15) is 0 Å². The maximum Gasteiger partial charge on any atom is 0.0542 e. The summed E-state index contributed by atoms with van der Waals surface area (Å²) in [4.78, 5) is 2.61. The summed E-state index contributed by atoms with van der Waals surface area (Å²) in [5.41, 5.74) is 5.84. The lowest BCUT2D eigenvalue weighted by Crippen LogP contribution is -2.05. The molecular formula is C20H23N. The lowest BCUT2D eigenvalue weighted by molar-refractivity contribution is 0.482. The quantitative estimate of drug-likeness (QED) is 0.569. The Balaban J connectivity index is 1.65. The van der Waals surface area contributed by atoms with E-state index in [0.717, 1.165) is 6.04 Å². The van der Waals surface area contributed by atoms with E-state index in [-0.39, 0.29) is 0 Å². The van der Waals surface area contributed by atoms with E-state index in [1.54, 1.807) is 5.57 Å². The van der Waals surface area contributed by atoms with Crippen molar-refractivity contribution in [2.75, 3.05) is 6.54 Å². The summed E-state index contributed by atoms with van der Waals surface area (Å²) in [5.74, 6) is 0.678. The van der Waals surface area contributed by atoms with Crippen LogP contribution in [0, 0.1) is 5.92 Å². The fourth-order valence-corrected chi connectivity index (χ4v) is 3.74. The molecule has 4 rings (SSSR count). The smallest absolute Gasteiger partial charge is 0.0542 e. The number of fused-ring (bicyclic) bond motifs is 1. The number of hydrogen-bond acceptors (Lipinski definition) is 1. The molecule has 1 aliphatic carbocycles. The molecule has 1 aromatic rings. The molecule has 0 aromatic heterocycles. The highest BCUT2D eigenvalue weighted by Crippen LogP contribution is 2.46. The Morgan fingerprint density at radius 2 is 2.10 bits per heavy atom. The Hall–Kier alpha value is -1.60. The first-order valence-corrected chi connectivity index (χ1v) is 8.18. The number of hydrogen-bond donors (Lipinski definition) is 0. The molecule has 21 heavy (non-hydrogen) atoms. The zero-order chi connectivity index (χ0) is 14.4. The second-order valence-corrected chi connectivity index (χ2v) is 6.74. The summed E-state index contributed by atoms with van der Waals surface area (Å²) in [6.07, 6.45) is 11.8. The van der Waals surface area contributed by atoms with Crippen molar-refractivity contribution in [3.63, 3.8) is 0 Å². The molecular weight excluding hydrogens is 254 g/mol. The Morgan fingerprint density at radius 3 is 2.81 bits per heavy atom. The number of allylic oxidation sites excluding steroid dienone is 4. The van der Waals surface area contributed by atoms with Gasteiger partial charge in [-0.1, -0.05) is 61.9 Å². The van der Waals surface area contributed by atoms with Gasteiger partial charge in [0.05, 0.1) is 6.04 Å². The Labute approximate surface area is 127 Å². The van der Waals surface area contributed by atoms with Crippen LogP contribution in [0.3, 0.4) is 0 Å². The molecule has 108 valence electrons. The van der Waals surface area contributed by atoms with Gasteiger partial charge in [-0.05, 0) is 41.5 Å². The normalized spacial score (nSPS) is 30.1. The highest BCUT2D eigenvalue weighted by atomic mass is 15.3. The molecule has 3 atom stereocenters. The second-order valence-electron chi connectivity index (χ2n) is 6.74. The average molecular weight is 277 g/mol. The second kappa shape index (κ2) is 4.99. The third kappa shape index (κ3) is 2.30. The van der Waals surface area contributed by atoms with Crippen molar-refractivity contribution < 1.29 is 0 Å². The molecule has 3 unspecified atom stereocenters. The molecule has 0 radical (unpaired) electrons. The molecule has 1 aromatic carbocycles. The van der Waals surface area contributed by atoms with Crippen LogP contribution in [0.25, 0.3) is 5.57 Å². The Morgan fingerprint density at radius 1 is 1.19 bits per heavy atom. The molecule has 0 spiro atoms. The maximum absolute atomic E-state index is 2.61. The molecule has 1 fully saturated rings. The zero-order valence-electron chi connectivity index (χ0n) is 12.9. The van der Waals surface area contributed by atoms with E-state index in [9.17, 15) is 0 Å². The van der Waals surface area contributed by atoms with Crippen LogP contribution >= 0.6 is 0 Å². The fraction of sp³-hybridized carbons (Fsp3) is 0.400. The topological polar surface area (TPSA) is 3.01 Å². The molecule has 1 saturated heterocycles.